The van der Waals surface area contributed by atoms with Gasteiger partial charge < -0.3 is 10.6 Å². The monoisotopic (exact) mass is 269 g/mol. The van der Waals surface area contributed by atoms with Crippen molar-refractivity contribution in [3.05, 3.63) is 30.3 Å². The van der Waals surface area contributed by atoms with Gasteiger partial charge in [-0.05, 0) is 25.1 Å². The SMILES string of the molecule is O=S(=O)(NCCNC1CCNC1)c1ccccc1. The summed E-state index contributed by atoms with van der Waals surface area (Å²) in [6.07, 6.45) is 1.10. The second kappa shape index (κ2) is 6.29. The van der Waals surface area contributed by atoms with Gasteiger partial charge in [-0.2, -0.15) is 0 Å². The zero-order valence-corrected chi connectivity index (χ0v) is 11.0. The first-order chi connectivity index (χ1) is 8.68. The molecule has 6 heteroatoms. The average Bonchev–Trinajstić information content (AvgIpc) is 2.89. The molecular weight excluding hydrogens is 250 g/mol. The normalized spacial score (nSPS) is 20.1. The van der Waals surface area contributed by atoms with Gasteiger partial charge in [0.2, 0.25) is 10.0 Å². The Morgan fingerprint density at radius 1 is 1.22 bits per heavy atom. The number of sulfonamides is 1. The summed E-state index contributed by atoms with van der Waals surface area (Å²) in [6.45, 7) is 3.06. The Labute approximate surface area is 108 Å². The molecule has 1 fully saturated rings. The zero-order chi connectivity index (χ0) is 12.8. The van der Waals surface area contributed by atoms with Crippen LogP contribution in [0, 0.1) is 0 Å². The molecule has 0 saturated carbocycles. The van der Waals surface area contributed by atoms with Gasteiger partial charge in [0.15, 0.2) is 0 Å². The summed E-state index contributed by atoms with van der Waals surface area (Å²) in [6, 6.07) is 8.89. The van der Waals surface area contributed by atoms with Crippen LogP contribution in [0.25, 0.3) is 0 Å². The van der Waals surface area contributed by atoms with Gasteiger partial charge in [0, 0.05) is 25.7 Å². The Balaban J connectivity index is 1.75. The summed E-state index contributed by atoms with van der Waals surface area (Å²) in [7, 11) is -3.36. The van der Waals surface area contributed by atoms with E-state index in [0.717, 1.165) is 19.5 Å². The maximum Gasteiger partial charge on any atom is 0.240 e. The van der Waals surface area contributed by atoms with Crippen LogP contribution in [-0.4, -0.2) is 40.6 Å². The van der Waals surface area contributed by atoms with Gasteiger partial charge in [-0.1, -0.05) is 18.2 Å². The molecule has 1 heterocycles. The second-order valence-electron chi connectivity index (χ2n) is 4.35. The number of hydrogen-bond acceptors (Lipinski definition) is 4. The molecule has 0 bridgehead atoms. The molecule has 1 unspecified atom stereocenters. The molecule has 3 N–H and O–H groups in total. The molecule has 1 aliphatic rings. The summed E-state index contributed by atoms with van der Waals surface area (Å²) in [5, 5.41) is 6.57. The molecule has 0 spiro atoms. The lowest BCUT2D eigenvalue weighted by atomic mass is 10.3. The highest BCUT2D eigenvalue weighted by Crippen LogP contribution is 2.06. The van der Waals surface area contributed by atoms with Crippen LogP contribution in [0.1, 0.15) is 6.42 Å². The minimum absolute atomic E-state index is 0.313. The van der Waals surface area contributed by atoms with Crippen LogP contribution in [0.2, 0.25) is 0 Å². The molecule has 0 aromatic heterocycles. The fourth-order valence-corrected chi connectivity index (χ4v) is 3.03. The summed E-state index contributed by atoms with van der Waals surface area (Å²) < 4.78 is 26.3. The molecule has 1 saturated heterocycles. The standard InChI is InChI=1S/C12H19N3O2S/c16-18(17,12-4-2-1-3-5-12)15-9-8-14-11-6-7-13-10-11/h1-5,11,13-15H,6-10H2. The van der Waals surface area contributed by atoms with E-state index >= 15 is 0 Å². The van der Waals surface area contributed by atoms with Crippen molar-refractivity contribution in [3.63, 3.8) is 0 Å². The second-order valence-corrected chi connectivity index (χ2v) is 6.12. The highest BCUT2D eigenvalue weighted by atomic mass is 32.2. The Morgan fingerprint density at radius 2 is 2.00 bits per heavy atom. The summed E-state index contributed by atoms with van der Waals surface area (Å²) in [4.78, 5) is 0.313. The minimum atomic E-state index is -3.36. The largest absolute Gasteiger partial charge is 0.315 e. The molecule has 2 rings (SSSR count). The molecule has 1 atom stereocenters. The average molecular weight is 269 g/mol. The van der Waals surface area contributed by atoms with Crippen molar-refractivity contribution >= 4 is 10.0 Å². The van der Waals surface area contributed by atoms with Crippen LogP contribution in [-0.2, 0) is 10.0 Å². The van der Waals surface area contributed by atoms with E-state index in [-0.39, 0.29) is 0 Å². The summed E-state index contributed by atoms with van der Waals surface area (Å²) in [5.74, 6) is 0. The van der Waals surface area contributed by atoms with Crippen LogP contribution >= 0.6 is 0 Å². The Hall–Kier alpha value is -0.950. The fourth-order valence-electron chi connectivity index (χ4n) is 1.97. The molecular formula is C12H19N3O2S. The number of rotatable bonds is 6. The first-order valence-electron chi connectivity index (χ1n) is 6.17. The van der Waals surface area contributed by atoms with Crippen molar-refractivity contribution in [2.24, 2.45) is 0 Å². The molecule has 100 valence electrons. The molecule has 1 aromatic rings. The molecule has 0 amide bonds. The first-order valence-corrected chi connectivity index (χ1v) is 7.65. The summed E-state index contributed by atoms with van der Waals surface area (Å²) in [5.41, 5.74) is 0. The van der Waals surface area contributed by atoms with Crippen molar-refractivity contribution in [2.45, 2.75) is 17.4 Å². The lowest BCUT2D eigenvalue weighted by Crippen LogP contribution is -2.38. The van der Waals surface area contributed by atoms with Crippen LogP contribution < -0.4 is 15.4 Å². The predicted molar refractivity (Wildman–Crippen MR) is 70.9 cm³/mol. The van der Waals surface area contributed by atoms with E-state index in [0.29, 0.717) is 24.0 Å². The van der Waals surface area contributed by atoms with Gasteiger partial charge in [0.25, 0.3) is 0 Å². The molecule has 1 aliphatic heterocycles. The fraction of sp³-hybridized carbons (Fsp3) is 0.500. The van der Waals surface area contributed by atoms with E-state index in [1.807, 2.05) is 0 Å². The van der Waals surface area contributed by atoms with E-state index < -0.39 is 10.0 Å². The lowest BCUT2D eigenvalue weighted by molar-refractivity contribution is 0.538. The first kappa shape index (κ1) is 13.5. The maximum absolute atomic E-state index is 11.9. The van der Waals surface area contributed by atoms with Gasteiger partial charge in [0.05, 0.1) is 4.90 Å². The molecule has 0 aliphatic carbocycles. The number of benzene rings is 1. The van der Waals surface area contributed by atoms with Gasteiger partial charge in [-0.3, -0.25) is 0 Å². The van der Waals surface area contributed by atoms with Crippen molar-refractivity contribution < 1.29 is 8.42 Å². The van der Waals surface area contributed by atoms with Crippen molar-refractivity contribution in [2.75, 3.05) is 26.2 Å². The predicted octanol–water partition coefficient (Wildman–Crippen LogP) is -0.0836. The molecule has 18 heavy (non-hydrogen) atoms. The topological polar surface area (TPSA) is 70.2 Å². The van der Waals surface area contributed by atoms with Crippen molar-refractivity contribution in [3.8, 4) is 0 Å². The zero-order valence-electron chi connectivity index (χ0n) is 10.2. The van der Waals surface area contributed by atoms with Gasteiger partial charge in [-0.25, -0.2) is 13.1 Å². The lowest BCUT2D eigenvalue weighted by Gasteiger charge is -2.11. The van der Waals surface area contributed by atoms with Gasteiger partial charge >= 0.3 is 0 Å². The van der Waals surface area contributed by atoms with Crippen molar-refractivity contribution in [1.82, 2.24) is 15.4 Å². The third kappa shape index (κ3) is 3.78. The Bertz CT molecular complexity index is 455. The molecule has 5 nitrogen and oxygen atoms in total. The highest BCUT2D eigenvalue weighted by Gasteiger charge is 2.14. The maximum atomic E-state index is 11.9. The molecule has 0 radical (unpaired) electrons. The van der Waals surface area contributed by atoms with Gasteiger partial charge in [-0.15, -0.1) is 0 Å². The quantitative estimate of drug-likeness (QED) is 0.632. The molecule has 1 aromatic carbocycles. The van der Waals surface area contributed by atoms with Crippen LogP contribution in [0.15, 0.2) is 35.2 Å². The Kier molecular flexibility index (Phi) is 4.71. The van der Waals surface area contributed by atoms with E-state index in [2.05, 4.69) is 15.4 Å². The van der Waals surface area contributed by atoms with Crippen LogP contribution in [0.4, 0.5) is 0 Å². The smallest absolute Gasteiger partial charge is 0.240 e. The van der Waals surface area contributed by atoms with Crippen LogP contribution in [0.5, 0.6) is 0 Å². The minimum Gasteiger partial charge on any atom is -0.315 e. The van der Waals surface area contributed by atoms with E-state index in [9.17, 15) is 8.42 Å². The third-order valence-electron chi connectivity index (χ3n) is 2.96. The highest BCUT2D eigenvalue weighted by molar-refractivity contribution is 7.89. The van der Waals surface area contributed by atoms with E-state index in [4.69, 9.17) is 0 Å². The summed E-state index contributed by atoms with van der Waals surface area (Å²) >= 11 is 0. The van der Waals surface area contributed by atoms with Gasteiger partial charge in [0.1, 0.15) is 0 Å². The van der Waals surface area contributed by atoms with E-state index in [1.54, 1.807) is 30.3 Å². The number of hydrogen-bond donors (Lipinski definition) is 3. The van der Waals surface area contributed by atoms with Crippen molar-refractivity contribution in [1.29, 1.82) is 0 Å². The Morgan fingerprint density at radius 3 is 2.67 bits per heavy atom. The van der Waals surface area contributed by atoms with E-state index in [1.165, 1.54) is 0 Å². The number of nitrogens with one attached hydrogen (secondary N) is 3. The van der Waals surface area contributed by atoms with Crippen LogP contribution in [0.3, 0.4) is 0 Å². The third-order valence-corrected chi connectivity index (χ3v) is 4.44.